The Labute approximate surface area is 88.3 Å². The standard InChI is InChI=1S/C9H19NO3Si/c1-8(9(11)12-2)7-10-5-4-6-14-13-3/h8,10H,4-7H2,1-3H3. The third-order valence-corrected chi connectivity index (χ3v) is 2.68. The fourth-order valence-electron chi connectivity index (χ4n) is 0.991. The Bertz CT molecular complexity index is 155. The summed E-state index contributed by atoms with van der Waals surface area (Å²) in [6.45, 7) is 3.47. The minimum absolute atomic E-state index is 0.0649. The van der Waals surface area contributed by atoms with E-state index in [9.17, 15) is 4.79 Å². The maximum absolute atomic E-state index is 11.0. The van der Waals surface area contributed by atoms with Crippen LogP contribution in [-0.2, 0) is 14.0 Å². The molecule has 0 aliphatic carbocycles. The molecule has 2 radical (unpaired) electrons. The molecule has 0 aromatic heterocycles. The van der Waals surface area contributed by atoms with Crippen LogP contribution >= 0.6 is 0 Å². The molecule has 14 heavy (non-hydrogen) atoms. The average Bonchev–Trinajstić information content (AvgIpc) is 2.21. The molecule has 0 rings (SSSR count). The van der Waals surface area contributed by atoms with Gasteiger partial charge in [0.1, 0.15) is 0 Å². The van der Waals surface area contributed by atoms with Gasteiger partial charge in [0.25, 0.3) is 0 Å². The summed E-state index contributed by atoms with van der Waals surface area (Å²) in [6.07, 6.45) is 1.08. The van der Waals surface area contributed by atoms with Crippen LogP contribution in [0, 0.1) is 5.92 Å². The molecule has 0 heterocycles. The van der Waals surface area contributed by atoms with Crippen LogP contribution in [0.2, 0.25) is 6.04 Å². The topological polar surface area (TPSA) is 47.6 Å². The highest BCUT2D eigenvalue weighted by molar-refractivity contribution is 6.26. The van der Waals surface area contributed by atoms with Gasteiger partial charge in [0, 0.05) is 13.7 Å². The van der Waals surface area contributed by atoms with E-state index in [0.717, 1.165) is 19.0 Å². The summed E-state index contributed by atoms with van der Waals surface area (Å²) in [4.78, 5) is 11.0. The summed E-state index contributed by atoms with van der Waals surface area (Å²) in [5, 5.41) is 3.21. The van der Waals surface area contributed by atoms with Crippen molar-refractivity contribution in [3.8, 4) is 0 Å². The number of rotatable bonds is 8. The number of hydrogen-bond donors (Lipinski definition) is 1. The van der Waals surface area contributed by atoms with Gasteiger partial charge in [-0.15, -0.1) is 0 Å². The third-order valence-electron chi connectivity index (χ3n) is 1.83. The monoisotopic (exact) mass is 217 g/mol. The van der Waals surface area contributed by atoms with Crippen LogP contribution in [0.5, 0.6) is 0 Å². The molecule has 5 heteroatoms. The highest BCUT2D eigenvalue weighted by atomic mass is 28.2. The van der Waals surface area contributed by atoms with E-state index in [0.29, 0.717) is 16.3 Å². The lowest BCUT2D eigenvalue weighted by atomic mass is 10.2. The highest BCUT2D eigenvalue weighted by Gasteiger charge is 2.11. The van der Waals surface area contributed by atoms with Crippen LogP contribution in [0.3, 0.4) is 0 Å². The second-order valence-corrected chi connectivity index (χ2v) is 4.28. The molecule has 4 nitrogen and oxygen atoms in total. The van der Waals surface area contributed by atoms with Crippen molar-refractivity contribution in [3.63, 3.8) is 0 Å². The van der Waals surface area contributed by atoms with Gasteiger partial charge in [-0.25, -0.2) is 0 Å². The second kappa shape index (κ2) is 9.17. The van der Waals surface area contributed by atoms with Gasteiger partial charge in [0.05, 0.1) is 13.0 Å². The largest absolute Gasteiger partial charge is 0.469 e. The number of carbonyl (C=O) groups excluding carboxylic acids is 1. The highest BCUT2D eigenvalue weighted by Crippen LogP contribution is 1.95. The van der Waals surface area contributed by atoms with E-state index in [4.69, 9.17) is 4.43 Å². The quantitative estimate of drug-likeness (QED) is 0.364. The SMILES string of the molecule is CO[Si]CCCNCC(C)C(=O)OC. The summed E-state index contributed by atoms with van der Waals surface area (Å²) in [7, 11) is 3.71. The number of carbonyl (C=O) groups is 1. The molecule has 1 N–H and O–H groups in total. The Balaban J connectivity index is 3.23. The molecular weight excluding hydrogens is 198 g/mol. The van der Waals surface area contributed by atoms with Crippen molar-refractivity contribution < 1.29 is 14.0 Å². The van der Waals surface area contributed by atoms with Crippen molar-refractivity contribution in [2.24, 2.45) is 5.92 Å². The van der Waals surface area contributed by atoms with Gasteiger partial charge in [-0.3, -0.25) is 4.79 Å². The molecule has 0 saturated carbocycles. The van der Waals surface area contributed by atoms with Crippen LogP contribution in [0.1, 0.15) is 13.3 Å². The maximum Gasteiger partial charge on any atom is 0.309 e. The molecule has 1 unspecified atom stereocenters. The number of nitrogens with one attached hydrogen (secondary N) is 1. The number of hydrogen-bond acceptors (Lipinski definition) is 4. The van der Waals surface area contributed by atoms with E-state index in [2.05, 4.69) is 10.1 Å². The molecule has 0 aliphatic heterocycles. The van der Waals surface area contributed by atoms with Gasteiger partial charge in [-0.1, -0.05) is 6.92 Å². The van der Waals surface area contributed by atoms with Gasteiger partial charge >= 0.3 is 5.97 Å². The fourth-order valence-corrected chi connectivity index (χ4v) is 1.52. The molecule has 0 bridgehead atoms. The van der Waals surface area contributed by atoms with Gasteiger partial charge in [-0.05, 0) is 19.0 Å². The van der Waals surface area contributed by atoms with Crippen molar-refractivity contribution in [1.29, 1.82) is 0 Å². The summed E-state index contributed by atoms with van der Waals surface area (Å²) < 4.78 is 9.56. The second-order valence-electron chi connectivity index (χ2n) is 3.08. The van der Waals surface area contributed by atoms with Crippen molar-refractivity contribution in [2.45, 2.75) is 19.4 Å². The Morgan fingerprint density at radius 3 is 2.79 bits per heavy atom. The first-order valence-corrected chi connectivity index (χ1v) is 5.88. The lowest BCUT2D eigenvalue weighted by Gasteiger charge is -2.09. The van der Waals surface area contributed by atoms with E-state index in [-0.39, 0.29) is 11.9 Å². The van der Waals surface area contributed by atoms with Crippen LogP contribution < -0.4 is 5.32 Å². The Hall–Kier alpha value is -0.393. The smallest absolute Gasteiger partial charge is 0.309 e. The average molecular weight is 217 g/mol. The zero-order valence-electron chi connectivity index (χ0n) is 9.13. The van der Waals surface area contributed by atoms with Crippen molar-refractivity contribution in [1.82, 2.24) is 5.32 Å². The van der Waals surface area contributed by atoms with Crippen LogP contribution in [0.4, 0.5) is 0 Å². The van der Waals surface area contributed by atoms with Crippen LogP contribution in [0.15, 0.2) is 0 Å². The predicted octanol–water partition coefficient (Wildman–Crippen LogP) is 0.459. The summed E-state index contributed by atoms with van der Waals surface area (Å²) in [6, 6.07) is 1.08. The Morgan fingerprint density at radius 1 is 1.50 bits per heavy atom. The molecule has 0 saturated heterocycles. The van der Waals surface area contributed by atoms with Crippen molar-refractivity contribution in [3.05, 3.63) is 0 Å². The van der Waals surface area contributed by atoms with E-state index in [1.807, 2.05) is 6.92 Å². The first kappa shape index (κ1) is 13.6. The first-order valence-electron chi connectivity index (χ1n) is 4.76. The normalized spacial score (nSPS) is 12.5. The zero-order chi connectivity index (χ0) is 10.8. The van der Waals surface area contributed by atoms with E-state index in [1.165, 1.54) is 7.11 Å². The summed E-state index contributed by atoms with van der Waals surface area (Å²) >= 11 is 0. The fraction of sp³-hybridized carbons (Fsp3) is 0.889. The van der Waals surface area contributed by atoms with Gasteiger partial charge in [0.15, 0.2) is 0 Å². The lowest BCUT2D eigenvalue weighted by Crippen LogP contribution is -2.28. The summed E-state index contributed by atoms with van der Waals surface area (Å²) in [5.41, 5.74) is 0. The zero-order valence-corrected chi connectivity index (χ0v) is 10.1. The van der Waals surface area contributed by atoms with Crippen LogP contribution in [-0.4, -0.2) is 43.0 Å². The van der Waals surface area contributed by atoms with E-state index in [1.54, 1.807) is 7.11 Å². The van der Waals surface area contributed by atoms with E-state index >= 15 is 0 Å². The Kier molecular flexibility index (Phi) is 8.92. The van der Waals surface area contributed by atoms with Crippen LogP contribution in [0.25, 0.3) is 0 Å². The van der Waals surface area contributed by atoms with E-state index < -0.39 is 0 Å². The molecule has 0 amide bonds. The van der Waals surface area contributed by atoms with Gasteiger partial charge < -0.3 is 14.5 Å². The minimum atomic E-state index is -0.156. The molecule has 0 aromatic rings. The molecule has 0 fully saturated rings. The van der Waals surface area contributed by atoms with Gasteiger partial charge in [-0.2, -0.15) is 0 Å². The van der Waals surface area contributed by atoms with Gasteiger partial charge in [0.2, 0.25) is 9.76 Å². The summed E-state index contributed by atoms with van der Waals surface area (Å²) in [5.74, 6) is -0.221. The number of ether oxygens (including phenoxy) is 1. The maximum atomic E-state index is 11.0. The predicted molar refractivity (Wildman–Crippen MR) is 56.2 cm³/mol. The first-order chi connectivity index (χ1) is 6.72. The minimum Gasteiger partial charge on any atom is -0.469 e. The number of esters is 1. The Morgan fingerprint density at radius 2 is 2.21 bits per heavy atom. The molecule has 82 valence electrons. The number of methoxy groups -OCH3 is 1. The third kappa shape index (κ3) is 7.05. The molecule has 1 atom stereocenters. The van der Waals surface area contributed by atoms with Crippen molar-refractivity contribution in [2.75, 3.05) is 27.3 Å². The molecule has 0 aromatic carbocycles. The molecule has 0 aliphatic rings. The molecule has 0 spiro atoms. The van der Waals surface area contributed by atoms with Crippen molar-refractivity contribution >= 4 is 15.7 Å². The molecular formula is C9H19NO3Si. The lowest BCUT2D eigenvalue weighted by molar-refractivity contribution is -0.144.